The zero-order valence-corrected chi connectivity index (χ0v) is 12.8. The zero-order valence-electron chi connectivity index (χ0n) is 10.4. The molecule has 0 aliphatic heterocycles. The lowest BCUT2D eigenvalue weighted by molar-refractivity contribution is 0.503. The van der Waals surface area contributed by atoms with Gasteiger partial charge in [0.25, 0.3) is 0 Å². The minimum absolute atomic E-state index is 0.550. The summed E-state index contributed by atoms with van der Waals surface area (Å²) in [5.74, 6) is 0.745. The van der Waals surface area contributed by atoms with Crippen molar-refractivity contribution >= 4 is 26.7 Å². The minimum atomic E-state index is -0.872. The van der Waals surface area contributed by atoms with Crippen molar-refractivity contribution < 1.29 is 4.21 Å². The maximum Gasteiger partial charge on any atom is 0.0529 e. The predicted octanol–water partition coefficient (Wildman–Crippen LogP) is 3.33. The Balaban J connectivity index is 2.40. The third-order valence-corrected chi connectivity index (χ3v) is 4.77. The number of halogens is 1. The molecule has 0 saturated heterocycles. The van der Waals surface area contributed by atoms with Crippen LogP contribution in [0.3, 0.4) is 0 Å². The van der Waals surface area contributed by atoms with Crippen LogP contribution in [0.5, 0.6) is 0 Å². The van der Waals surface area contributed by atoms with Crippen molar-refractivity contribution in [1.29, 1.82) is 0 Å². The molecule has 4 heteroatoms. The third-order valence-electron chi connectivity index (χ3n) is 2.84. The van der Waals surface area contributed by atoms with Crippen LogP contribution < -0.4 is 5.32 Å². The average Bonchev–Trinajstić information content (AvgIpc) is 2.34. The van der Waals surface area contributed by atoms with Crippen molar-refractivity contribution in [3.63, 3.8) is 0 Å². The third kappa shape index (κ3) is 5.32. The van der Waals surface area contributed by atoms with E-state index in [0.717, 1.165) is 34.4 Å². The molecular formula is C13H20BrNOS. The molecular weight excluding hydrogens is 298 g/mol. The molecule has 1 aromatic carbocycles. The number of nitrogens with one attached hydrogen (secondary N) is 1. The standard InChI is InChI=1S/C13H20BrNOS/c1-3-12(15-2)7-5-9-17(16)13-8-4-6-11(14)10-13/h4,6,8,10,12,15H,3,5,7,9H2,1-2H3. The molecule has 0 amide bonds. The molecule has 0 saturated carbocycles. The van der Waals surface area contributed by atoms with Crippen LogP contribution in [0.2, 0.25) is 0 Å². The maximum atomic E-state index is 12.0. The van der Waals surface area contributed by atoms with Gasteiger partial charge in [-0.15, -0.1) is 0 Å². The normalized spacial score (nSPS) is 14.5. The lowest BCUT2D eigenvalue weighted by atomic mass is 10.1. The fourth-order valence-electron chi connectivity index (χ4n) is 1.74. The molecule has 2 unspecified atom stereocenters. The summed E-state index contributed by atoms with van der Waals surface area (Å²) in [6.45, 7) is 2.17. The van der Waals surface area contributed by atoms with Crippen LogP contribution in [0.25, 0.3) is 0 Å². The molecule has 0 radical (unpaired) electrons. The van der Waals surface area contributed by atoms with E-state index in [1.165, 1.54) is 0 Å². The Bertz CT molecular complexity index is 366. The van der Waals surface area contributed by atoms with Gasteiger partial charge in [0, 0.05) is 21.2 Å². The van der Waals surface area contributed by atoms with Crippen molar-refractivity contribution in [3.05, 3.63) is 28.7 Å². The quantitative estimate of drug-likeness (QED) is 0.835. The second-order valence-corrected chi connectivity index (χ2v) is 6.53. The Morgan fingerprint density at radius 2 is 2.24 bits per heavy atom. The van der Waals surface area contributed by atoms with Gasteiger partial charge in [-0.2, -0.15) is 0 Å². The van der Waals surface area contributed by atoms with Crippen molar-refractivity contribution in [2.45, 2.75) is 37.1 Å². The number of rotatable bonds is 7. The van der Waals surface area contributed by atoms with Gasteiger partial charge in [0.15, 0.2) is 0 Å². The van der Waals surface area contributed by atoms with E-state index in [2.05, 4.69) is 28.2 Å². The Morgan fingerprint density at radius 3 is 2.82 bits per heavy atom. The Labute approximate surface area is 115 Å². The first kappa shape index (κ1) is 14.9. The van der Waals surface area contributed by atoms with Crippen molar-refractivity contribution in [2.75, 3.05) is 12.8 Å². The smallest absolute Gasteiger partial charge is 0.0529 e. The monoisotopic (exact) mass is 317 g/mol. The van der Waals surface area contributed by atoms with Crippen molar-refractivity contribution in [1.82, 2.24) is 5.32 Å². The van der Waals surface area contributed by atoms with E-state index in [4.69, 9.17) is 0 Å². The van der Waals surface area contributed by atoms with E-state index >= 15 is 0 Å². The van der Waals surface area contributed by atoms with Gasteiger partial charge in [0.1, 0.15) is 0 Å². The van der Waals surface area contributed by atoms with Gasteiger partial charge < -0.3 is 5.32 Å². The van der Waals surface area contributed by atoms with E-state index in [1.807, 2.05) is 31.3 Å². The first-order valence-electron chi connectivity index (χ1n) is 5.98. The summed E-state index contributed by atoms with van der Waals surface area (Å²) in [6, 6.07) is 8.30. The summed E-state index contributed by atoms with van der Waals surface area (Å²) in [5.41, 5.74) is 0. The molecule has 0 aliphatic carbocycles. The average molecular weight is 318 g/mol. The fraction of sp³-hybridized carbons (Fsp3) is 0.538. The van der Waals surface area contributed by atoms with Crippen LogP contribution in [-0.4, -0.2) is 23.1 Å². The molecule has 0 bridgehead atoms. The lowest BCUT2D eigenvalue weighted by Crippen LogP contribution is -2.24. The van der Waals surface area contributed by atoms with Crippen LogP contribution in [0.15, 0.2) is 33.6 Å². The molecule has 17 heavy (non-hydrogen) atoms. The van der Waals surface area contributed by atoms with E-state index in [0.29, 0.717) is 6.04 Å². The number of hydrogen-bond acceptors (Lipinski definition) is 2. The predicted molar refractivity (Wildman–Crippen MR) is 77.8 cm³/mol. The van der Waals surface area contributed by atoms with Gasteiger partial charge in [-0.3, -0.25) is 4.21 Å². The summed E-state index contributed by atoms with van der Waals surface area (Å²) in [7, 11) is 1.11. The Hall–Kier alpha value is -0.190. The van der Waals surface area contributed by atoms with Gasteiger partial charge in [-0.1, -0.05) is 28.9 Å². The fourth-order valence-corrected chi connectivity index (χ4v) is 3.44. The van der Waals surface area contributed by atoms with E-state index in [9.17, 15) is 4.21 Å². The molecule has 1 rings (SSSR count). The molecule has 0 aromatic heterocycles. The maximum absolute atomic E-state index is 12.0. The van der Waals surface area contributed by atoms with Gasteiger partial charge >= 0.3 is 0 Å². The lowest BCUT2D eigenvalue weighted by Gasteiger charge is -2.12. The molecule has 0 fully saturated rings. The van der Waals surface area contributed by atoms with Crippen LogP contribution in [-0.2, 0) is 10.8 Å². The van der Waals surface area contributed by atoms with Gasteiger partial charge in [0.05, 0.1) is 10.8 Å². The van der Waals surface area contributed by atoms with Crippen LogP contribution in [0.1, 0.15) is 26.2 Å². The highest BCUT2D eigenvalue weighted by atomic mass is 79.9. The van der Waals surface area contributed by atoms with Crippen LogP contribution >= 0.6 is 15.9 Å². The zero-order chi connectivity index (χ0) is 12.7. The summed E-state index contributed by atoms with van der Waals surface area (Å²) >= 11 is 3.40. The summed E-state index contributed by atoms with van der Waals surface area (Å²) in [4.78, 5) is 0.914. The molecule has 0 aliphatic rings. The minimum Gasteiger partial charge on any atom is -0.317 e. The molecule has 2 nitrogen and oxygen atoms in total. The van der Waals surface area contributed by atoms with E-state index < -0.39 is 10.8 Å². The summed E-state index contributed by atoms with van der Waals surface area (Å²) in [5, 5.41) is 3.27. The highest BCUT2D eigenvalue weighted by molar-refractivity contribution is 9.10. The highest BCUT2D eigenvalue weighted by Crippen LogP contribution is 2.16. The van der Waals surface area contributed by atoms with Crippen molar-refractivity contribution in [3.8, 4) is 0 Å². The largest absolute Gasteiger partial charge is 0.317 e. The summed E-state index contributed by atoms with van der Waals surface area (Å²) in [6.07, 6.45) is 3.21. The molecule has 96 valence electrons. The van der Waals surface area contributed by atoms with Crippen molar-refractivity contribution in [2.24, 2.45) is 0 Å². The Kier molecular flexibility index (Phi) is 7.00. The second kappa shape index (κ2) is 8.01. The summed E-state index contributed by atoms with van der Waals surface area (Å²) < 4.78 is 13.0. The van der Waals surface area contributed by atoms with Gasteiger partial charge in [0.2, 0.25) is 0 Å². The van der Waals surface area contributed by atoms with Gasteiger partial charge in [-0.05, 0) is 44.5 Å². The number of benzene rings is 1. The van der Waals surface area contributed by atoms with Gasteiger partial charge in [-0.25, -0.2) is 0 Å². The molecule has 0 spiro atoms. The topological polar surface area (TPSA) is 29.1 Å². The second-order valence-electron chi connectivity index (χ2n) is 4.04. The first-order chi connectivity index (χ1) is 8.17. The Morgan fingerprint density at radius 1 is 1.47 bits per heavy atom. The molecule has 1 N–H and O–H groups in total. The molecule has 2 atom stereocenters. The van der Waals surface area contributed by atoms with Crippen LogP contribution in [0, 0.1) is 0 Å². The number of hydrogen-bond donors (Lipinski definition) is 1. The van der Waals surface area contributed by atoms with E-state index in [1.54, 1.807) is 0 Å². The molecule has 0 heterocycles. The highest BCUT2D eigenvalue weighted by Gasteiger charge is 2.07. The van der Waals surface area contributed by atoms with E-state index in [-0.39, 0.29) is 0 Å². The SMILES string of the molecule is CCC(CCCS(=O)c1cccc(Br)c1)NC. The molecule has 1 aromatic rings. The first-order valence-corrected chi connectivity index (χ1v) is 8.09. The van der Waals surface area contributed by atoms with Crippen LogP contribution in [0.4, 0.5) is 0 Å².